The lowest BCUT2D eigenvalue weighted by atomic mass is 9.97. The molecule has 1 aromatic heterocycles. The fraction of sp³-hybridized carbons (Fsp3) is 0.400. The summed E-state index contributed by atoms with van der Waals surface area (Å²) >= 11 is 1.72. The fourth-order valence-electron chi connectivity index (χ4n) is 2.00. The Kier molecular flexibility index (Phi) is 4.90. The Morgan fingerprint density at radius 2 is 2.06 bits per heavy atom. The standard InChI is InChI=1S/C15H19NOS/c1-3-9-17-10-14(13-7-5-4-6-8-13)15-12(2)16-11-18-15/h4-8,11,14H,3,9-10H2,1-2H3. The van der Waals surface area contributed by atoms with Crippen molar-refractivity contribution in [2.45, 2.75) is 26.2 Å². The van der Waals surface area contributed by atoms with Crippen LogP contribution in [0.5, 0.6) is 0 Å². The van der Waals surface area contributed by atoms with Gasteiger partial charge in [0.1, 0.15) is 0 Å². The van der Waals surface area contributed by atoms with E-state index in [4.69, 9.17) is 4.74 Å². The van der Waals surface area contributed by atoms with Crippen LogP contribution in [0.25, 0.3) is 0 Å². The van der Waals surface area contributed by atoms with Crippen molar-refractivity contribution in [3.63, 3.8) is 0 Å². The summed E-state index contributed by atoms with van der Waals surface area (Å²) in [5.74, 6) is 0.310. The predicted molar refractivity (Wildman–Crippen MR) is 76.2 cm³/mol. The molecule has 0 aliphatic carbocycles. The van der Waals surface area contributed by atoms with Gasteiger partial charge in [0.25, 0.3) is 0 Å². The molecule has 1 unspecified atom stereocenters. The first-order valence-electron chi connectivity index (χ1n) is 6.35. The predicted octanol–water partition coefficient (Wildman–Crippen LogP) is 4.01. The van der Waals surface area contributed by atoms with Crippen molar-refractivity contribution in [2.75, 3.05) is 13.2 Å². The second-order valence-electron chi connectivity index (χ2n) is 4.34. The summed E-state index contributed by atoms with van der Waals surface area (Å²) < 4.78 is 5.76. The second-order valence-corrected chi connectivity index (χ2v) is 5.23. The summed E-state index contributed by atoms with van der Waals surface area (Å²) in [6.45, 7) is 5.76. The van der Waals surface area contributed by atoms with Gasteiger partial charge in [-0.25, -0.2) is 4.98 Å². The van der Waals surface area contributed by atoms with E-state index in [0.717, 1.165) is 25.3 Å². The third-order valence-corrected chi connectivity index (χ3v) is 3.98. The highest BCUT2D eigenvalue weighted by Crippen LogP contribution is 2.30. The van der Waals surface area contributed by atoms with Gasteiger partial charge >= 0.3 is 0 Å². The molecule has 0 bridgehead atoms. The molecule has 0 N–H and O–H groups in total. The van der Waals surface area contributed by atoms with Crippen LogP contribution < -0.4 is 0 Å². The van der Waals surface area contributed by atoms with E-state index in [1.807, 2.05) is 11.6 Å². The van der Waals surface area contributed by atoms with Gasteiger partial charge in [0.05, 0.1) is 17.8 Å². The third-order valence-electron chi connectivity index (χ3n) is 2.93. The molecule has 0 spiro atoms. The monoisotopic (exact) mass is 261 g/mol. The van der Waals surface area contributed by atoms with E-state index in [1.54, 1.807) is 11.3 Å². The van der Waals surface area contributed by atoms with Crippen molar-refractivity contribution in [3.05, 3.63) is 52.0 Å². The van der Waals surface area contributed by atoms with E-state index >= 15 is 0 Å². The maximum absolute atomic E-state index is 5.76. The maximum Gasteiger partial charge on any atom is 0.0797 e. The molecule has 0 saturated carbocycles. The number of hydrogen-bond acceptors (Lipinski definition) is 3. The topological polar surface area (TPSA) is 22.1 Å². The van der Waals surface area contributed by atoms with Gasteiger partial charge < -0.3 is 4.74 Å². The quantitative estimate of drug-likeness (QED) is 0.733. The molecule has 1 heterocycles. The first-order chi connectivity index (χ1) is 8.83. The van der Waals surface area contributed by atoms with Crippen molar-refractivity contribution in [2.24, 2.45) is 0 Å². The number of aromatic nitrogens is 1. The van der Waals surface area contributed by atoms with Crippen molar-refractivity contribution in [1.82, 2.24) is 4.98 Å². The molecule has 0 radical (unpaired) electrons. The molecule has 3 heteroatoms. The van der Waals surface area contributed by atoms with Crippen LogP contribution >= 0.6 is 11.3 Å². The van der Waals surface area contributed by atoms with Crippen molar-refractivity contribution >= 4 is 11.3 Å². The largest absolute Gasteiger partial charge is 0.380 e. The minimum Gasteiger partial charge on any atom is -0.380 e. The van der Waals surface area contributed by atoms with Gasteiger partial charge in [-0.1, -0.05) is 37.3 Å². The Hall–Kier alpha value is -1.19. The van der Waals surface area contributed by atoms with Gasteiger partial charge in [0.15, 0.2) is 0 Å². The highest BCUT2D eigenvalue weighted by Gasteiger charge is 2.18. The summed E-state index contributed by atoms with van der Waals surface area (Å²) in [5, 5.41) is 0. The number of hydrogen-bond donors (Lipinski definition) is 0. The van der Waals surface area contributed by atoms with Gasteiger partial charge in [-0.05, 0) is 18.9 Å². The molecule has 0 amide bonds. The molecule has 1 aromatic carbocycles. The van der Waals surface area contributed by atoms with E-state index in [1.165, 1.54) is 10.4 Å². The normalized spacial score (nSPS) is 12.6. The van der Waals surface area contributed by atoms with E-state index in [9.17, 15) is 0 Å². The molecule has 18 heavy (non-hydrogen) atoms. The van der Waals surface area contributed by atoms with Crippen molar-refractivity contribution < 1.29 is 4.74 Å². The Morgan fingerprint density at radius 1 is 1.28 bits per heavy atom. The number of rotatable bonds is 6. The minimum atomic E-state index is 0.310. The van der Waals surface area contributed by atoms with Gasteiger partial charge in [-0.15, -0.1) is 11.3 Å². The lowest BCUT2D eigenvalue weighted by Crippen LogP contribution is -2.10. The number of ether oxygens (including phenoxy) is 1. The van der Waals surface area contributed by atoms with Crippen LogP contribution in [0, 0.1) is 6.92 Å². The van der Waals surface area contributed by atoms with Crippen LogP contribution in [-0.2, 0) is 4.74 Å². The fourth-order valence-corrected chi connectivity index (χ4v) is 2.92. The minimum absolute atomic E-state index is 0.310. The molecular formula is C15H19NOS. The molecule has 0 aliphatic rings. The Labute approximate surface area is 113 Å². The Bertz CT molecular complexity index is 466. The average molecular weight is 261 g/mol. The SMILES string of the molecule is CCCOCC(c1ccccc1)c1scnc1C. The zero-order valence-corrected chi connectivity index (χ0v) is 11.7. The highest BCUT2D eigenvalue weighted by molar-refractivity contribution is 7.09. The van der Waals surface area contributed by atoms with Crippen molar-refractivity contribution in [3.8, 4) is 0 Å². The van der Waals surface area contributed by atoms with E-state index in [-0.39, 0.29) is 0 Å². The van der Waals surface area contributed by atoms with Crippen LogP contribution in [0.3, 0.4) is 0 Å². The summed E-state index contributed by atoms with van der Waals surface area (Å²) in [4.78, 5) is 5.67. The van der Waals surface area contributed by atoms with E-state index in [2.05, 4.69) is 43.1 Å². The molecule has 2 aromatic rings. The average Bonchev–Trinajstić information content (AvgIpc) is 2.82. The Morgan fingerprint density at radius 3 is 2.67 bits per heavy atom. The molecule has 0 fully saturated rings. The molecule has 0 aliphatic heterocycles. The van der Waals surface area contributed by atoms with Crippen LogP contribution in [0.4, 0.5) is 0 Å². The summed E-state index contributed by atoms with van der Waals surface area (Å²) in [6.07, 6.45) is 1.06. The summed E-state index contributed by atoms with van der Waals surface area (Å²) in [7, 11) is 0. The lowest BCUT2D eigenvalue weighted by Gasteiger charge is -2.16. The zero-order chi connectivity index (χ0) is 12.8. The van der Waals surface area contributed by atoms with Crippen LogP contribution in [0.1, 0.15) is 35.4 Å². The first-order valence-corrected chi connectivity index (χ1v) is 7.23. The van der Waals surface area contributed by atoms with E-state index in [0.29, 0.717) is 5.92 Å². The lowest BCUT2D eigenvalue weighted by molar-refractivity contribution is 0.128. The number of benzene rings is 1. The van der Waals surface area contributed by atoms with E-state index < -0.39 is 0 Å². The van der Waals surface area contributed by atoms with Gasteiger partial charge in [-0.2, -0.15) is 0 Å². The number of aryl methyl sites for hydroxylation is 1. The third kappa shape index (κ3) is 3.18. The summed E-state index contributed by atoms with van der Waals surface area (Å²) in [5.41, 5.74) is 4.34. The van der Waals surface area contributed by atoms with Crippen LogP contribution in [-0.4, -0.2) is 18.2 Å². The number of thiazole rings is 1. The molecule has 0 saturated heterocycles. The van der Waals surface area contributed by atoms with Gasteiger partial charge in [-0.3, -0.25) is 0 Å². The van der Waals surface area contributed by atoms with Gasteiger partial charge in [0.2, 0.25) is 0 Å². The molecule has 2 nitrogen and oxygen atoms in total. The zero-order valence-electron chi connectivity index (χ0n) is 10.9. The highest BCUT2D eigenvalue weighted by atomic mass is 32.1. The van der Waals surface area contributed by atoms with Gasteiger partial charge in [0, 0.05) is 17.4 Å². The summed E-state index contributed by atoms with van der Waals surface area (Å²) in [6, 6.07) is 10.5. The molecular weight excluding hydrogens is 242 g/mol. The second kappa shape index (κ2) is 6.66. The molecule has 1 atom stereocenters. The first kappa shape index (κ1) is 13.2. The maximum atomic E-state index is 5.76. The molecule has 96 valence electrons. The number of nitrogens with zero attached hydrogens (tertiary/aromatic N) is 1. The Balaban J connectivity index is 2.21. The molecule has 2 rings (SSSR count). The van der Waals surface area contributed by atoms with Crippen molar-refractivity contribution in [1.29, 1.82) is 0 Å². The van der Waals surface area contributed by atoms with Crippen LogP contribution in [0.15, 0.2) is 35.8 Å². The van der Waals surface area contributed by atoms with Crippen LogP contribution in [0.2, 0.25) is 0 Å². The smallest absolute Gasteiger partial charge is 0.0797 e.